The molecule has 3 heterocycles. The molecule has 3 N–H and O–H groups in total. The average Bonchev–Trinajstić information content (AvgIpc) is 2.84. The third-order valence-corrected chi connectivity index (χ3v) is 5.93. The van der Waals surface area contributed by atoms with Gasteiger partial charge in [0.1, 0.15) is 18.0 Å². The second-order valence-corrected chi connectivity index (χ2v) is 8.30. The Hall–Kier alpha value is -1.14. The van der Waals surface area contributed by atoms with Gasteiger partial charge < -0.3 is 15.6 Å². The van der Waals surface area contributed by atoms with Gasteiger partial charge in [-0.2, -0.15) is 4.98 Å². The highest BCUT2D eigenvalue weighted by Gasteiger charge is 2.67. The first kappa shape index (κ1) is 20.6. The maximum atomic E-state index is 13.8. The number of aliphatic hydroxyl groups excluding tert-OH is 1. The van der Waals surface area contributed by atoms with E-state index in [1.807, 2.05) is 0 Å². The largest absolute Gasteiger partial charge is 0.475 e. The van der Waals surface area contributed by atoms with Crippen molar-refractivity contribution in [2.24, 2.45) is 0 Å². The van der Waals surface area contributed by atoms with Gasteiger partial charge in [-0.25, -0.2) is 18.1 Å². The molecular formula is C13H17ClF2N3O7P. The summed E-state index contributed by atoms with van der Waals surface area (Å²) in [6.45, 7) is 2.18. The predicted molar refractivity (Wildman–Crippen MR) is 87.4 cm³/mol. The van der Waals surface area contributed by atoms with Gasteiger partial charge in [-0.05, 0) is 13.8 Å². The first-order valence-corrected chi connectivity index (χ1v) is 9.62. The van der Waals surface area contributed by atoms with Crippen molar-refractivity contribution in [3.63, 3.8) is 0 Å². The quantitative estimate of drug-likeness (QED) is 0.676. The highest BCUT2D eigenvalue weighted by molar-refractivity contribution is 7.48. The normalized spacial score (nSPS) is 36.4. The summed E-state index contributed by atoms with van der Waals surface area (Å²) >= 11 is 5.81. The summed E-state index contributed by atoms with van der Waals surface area (Å²) < 4.78 is 61.2. The van der Waals surface area contributed by atoms with E-state index < -0.39 is 56.7 Å². The first-order valence-electron chi connectivity index (χ1n) is 7.78. The summed E-state index contributed by atoms with van der Waals surface area (Å²) in [7, 11) is -4.23. The molecular weight excluding hydrogens is 415 g/mol. The van der Waals surface area contributed by atoms with Crippen molar-refractivity contribution in [2.45, 2.75) is 50.4 Å². The number of nitrogen functional groups attached to an aromatic ring is 1. The van der Waals surface area contributed by atoms with Crippen LogP contribution in [0.3, 0.4) is 0 Å². The number of fused-ring (bicyclic) bond motifs is 1. The molecule has 5 atom stereocenters. The van der Waals surface area contributed by atoms with E-state index >= 15 is 0 Å². The molecule has 0 aliphatic carbocycles. The lowest BCUT2D eigenvalue weighted by atomic mass is 9.96. The van der Waals surface area contributed by atoms with E-state index in [0.29, 0.717) is 4.57 Å². The molecule has 2 fully saturated rings. The molecule has 2 aliphatic heterocycles. The van der Waals surface area contributed by atoms with Gasteiger partial charge in [-0.1, -0.05) is 11.6 Å². The number of halogens is 3. The van der Waals surface area contributed by atoms with Crippen molar-refractivity contribution in [1.82, 2.24) is 9.55 Å². The molecule has 1 unspecified atom stereocenters. The Labute approximate surface area is 156 Å². The topological polar surface area (TPSA) is 135 Å². The number of phosphoric acid groups is 1. The number of hydrogen-bond donors (Lipinski definition) is 2. The Morgan fingerprint density at radius 2 is 2.22 bits per heavy atom. The number of alkyl halides is 2. The van der Waals surface area contributed by atoms with Crippen LogP contribution in [-0.2, 0) is 22.9 Å². The van der Waals surface area contributed by atoms with Crippen LogP contribution in [-0.4, -0.2) is 51.6 Å². The van der Waals surface area contributed by atoms with Crippen LogP contribution in [0.4, 0.5) is 14.6 Å². The summed E-state index contributed by atoms with van der Waals surface area (Å²) in [4.78, 5) is 15.5. The molecule has 0 aromatic carbocycles. The molecule has 152 valence electrons. The van der Waals surface area contributed by atoms with E-state index in [9.17, 15) is 23.2 Å². The lowest BCUT2D eigenvalue weighted by Crippen LogP contribution is -2.56. The van der Waals surface area contributed by atoms with Crippen molar-refractivity contribution in [3.05, 3.63) is 21.7 Å². The molecule has 2 saturated heterocycles. The highest BCUT2D eigenvalue weighted by Crippen LogP contribution is 2.61. The van der Waals surface area contributed by atoms with Crippen molar-refractivity contribution in [3.8, 4) is 0 Å². The summed E-state index contributed by atoms with van der Waals surface area (Å²) in [6.07, 6.45) is -8.11. The number of rotatable bonds is 4. The number of nitrogens with two attached hydrogens (primary N) is 1. The van der Waals surface area contributed by atoms with Gasteiger partial charge in [0.25, 0.3) is 6.43 Å². The van der Waals surface area contributed by atoms with Crippen LogP contribution in [0, 0.1) is 0 Å². The maximum absolute atomic E-state index is 13.8. The molecule has 10 nitrogen and oxygen atoms in total. The van der Waals surface area contributed by atoms with Gasteiger partial charge in [0, 0.05) is 6.20 Å². The van der Waals surface area contributed by atoms with Crippen LogP contribution in [0.5, 0.6) is 0 Å². The van der Waals surface area contributed by atoms with Crippen LogP contribution >= 0.6 is 19.4 Å². The van der Waals surface area contributed by atoms with Crippen LogP contribution in [0.15, 0.2) is 11.0 Å². The molecule has 0 radical (unpaired) electrons. The molecule has 1 aromatic rings. The molecule has 0 spiro atoms. The fourth-order valence-electron chi connectivity index (χ4n) is 2.83. The third kappa shape index (κ3) is 3.51. The summed E-state index contributed by atoms with van der Waals surface area (Å²) in [5.41, 5.74) is 1.94. The lowest BCUT2D eigenvalue weighted by molar-refractivity contribution is -0.208. The van der Waals surface area contributed by atoms with Crippen LogP contribution in [0.1, 0.15) is 20.1 Å². The van der Waals surface area contributed by atoms with Crippen molar-refractivity contribution in [1.29, 1.82) is 0 Å². The van der Waals surface area contributed by atoms with Gasteiger partial charge in [0.2, 0.25) is 0 Å². The number of aromatic nitrogens is 2. The van der Waals surface area contributed by atoms with Gasteiger partial charge in [0.05, 0.1) is 17.7 Å². The molecule has 0 amide bonds. The molecule has 0 saturated carbocycles. The summed E-state index contributed by atoms with van der Waals surface area (Å²) in [5.74, 6) is -0.277. The zero-order valence-corrected chi connectivity index (χ0v) is 15.8. The minimum atomic E-state index is -4.23. The fourth-order valence-corrected chi connectivity index (χ4v) is 4.61. The second kappa shape index (κ2) is 7.03. The van der Waals surface area contributed by atoms with Gasteiger partial charge in [0.15, 0.2) is 11.8 Å². The predicted octanol–water partition coefficient (Wildman–Crippen LogP) is 1.32. The SMILES string of the molecule is CC(C)OP1(=O)OC[C@@]2(C(F)F)O[C@@H](n3cc(Cl)c(N)nc3=O)[C@H](O)[C@H]2O1. The fraction of sp³-hybridized carbons (Fsp3) is 0.692. The van der Waals surface area contributed by atoms with E-state index in [0.717, 1.165) is 6.20 Å². The van der Waals surface area contributed by atoms with E-state index in [1.54, 1.807) is 0 Å². The minimum Gasteiger partial charge on any atom is -0.386 e. The minimum absolute atomic E-state index is 0.155. The first-order chi connectivity index (χ1) is 12.5. The Kier molecular flexibility index (Phi) is 5.36. The van der Waals surface area contributed by atoms with Gasteiger partial charge >= 0.3 is 13.5 Å². The van der Waals surface area contributed by atoms with Crippen LogP contribution < -0.4 is 11.4 Å². The van der Waals surface area contributed by atoms with Crippen molar-refractivity contribution in [2.75, 3.05) is 12.3 Å². The smallest absolute Gasteiger partial charge is 0.386 e. The zero-order valence-electron chi connectivity index (χ0n) is 14.1. The molecule has 27 heavy (non-hydrogen) atoms. The number of ether oxygens (including phenoxy) is 1. The molecule has 1 aromatic heterocycles. The molecule has 2 aliphatic rings. The average molecular weight is 432 g/mol. The van der Waals surface area contributed by atoms with E-state index in [1.165, 1.54) is 13.8 Å². The van der Waals surface area contributed by atoms with Gasteiger partial charge in [-0.3, -0.25) is 18.1 Å². The third-order valence-electron chi connectivity index (χ3n) is 4.03. The van der Waals surface area contributed by atoms with Crippen LogP contribution in [0.25, 0.3) is 0 Å². The molecule has 3 rings (SSSR count). The zero-order chi connectivity index (χ0) is 20.1. The number of anilines is 1. The second-order valence-electron chi connectivity index (χ2n) is 6.32. The molecule has 14 heteroatoms. The number of phosphoric ester groups is 1. The Balaban J connectivity index is 2.00. The summed E-state index contributed by atoms with van der Waals surface area (Å²) in [6, 6.07) is 0. The maximum Gasteiger partial charge on any atom is 0.475 e. The number of hydrogen-bond acceptors (Lipinski definition) is 9. The number of nitrogens with zero attached hydrogens (tertiary/aromatic N) is 2. The van der Waals surface area contributed by atoms with E-state index in [2.05, 4.69) is 4.98 Å². The van der Waals surface area contributed by atoms with Crippen LogP contribution in [0.2, 0.25) is 5.02 Å². The lowest BCUT2D eigenvalue weighted by Gasteiger charge is -2.39. The Morgan fingerprint density at radius 1 is 1.56 bits per heavy atom. The summed E-state index contributed by atoms with van der Waals surface area (Å²) in [5, 5.41) is 10.4. The van der Waals surface area contributed by atoms with E-state index in [4.69, 9.17) is 35.6 Å². The standard InChI is InChI=1S/C13H17ClF2N3O7P/c1-5(2)25-27(22)23-4-13(11(15)16)8(26-27)7(20)10(24-13)19-3-6(14)9(17)18-12(19)21/h3,5,7-8,10-11,20H,4H2,1-2H3,(H2,17,18,21)/t7-,8-,10-,13-,27?/m1/s1. The Bertz CT molecular complexity index is 841. The Morgan fingerprint density at radius 3 is 2.81 bits per heavy atom. The number of aliphatic hydroxyl groups is 1. The molecule has 0 bridgehead atoms. The highest BCUT2D eigenvalue weighted by atomic mass is 35.5. The van der Waals surface area contributed by atoms with Crippen molar-refractivity contribution >= 4 is 25.2 Å². The van der Waals surface area contributed by atoms with E-state index in [-0.39, 0.29) is 10.8 Å². The van der Waals surface area contributed by atoms with Crippen molar-refractivity contribution < 1.29 is 36.8 Å². The van der Waals surface area contributed by atoms with Gasteiger partial charge in [-0.15, -0.1) is 0 Å². The monoisotopic (exact) mass is 431 g/mol.